The summed E-state index contributed by atoms with van der Waals surface area (Å²) in [7, 11) is 1.34. The van der Waals surface area contributed by atoms with Gasteiger partial charge in [-0.1, -0.05) is 37.6 Å². The Labute approximate surface area is 192 Å². The average molecular weight is 459 g/mol. The number of rotatable bonds is 7. The Morgan fingerprint density at radius 3 is 2.47 bits per heavy atom. The number of carbonyl (C=O) groups excluding carboxylic acids is 3. The number of benzene rings is 2. The van der Waals surface area contributed by atoms with E-state index in [4.69, 9.17) is 21.1 Å². The minimum atomic E-state index is -0.602. The lowest BCUT2D eigenvalue weighted by molar-refractivity contribution is -0.129. The van der Waals surface area contributed by atoms with Gasteiger partial charge in [0.15, 0.2) is 0 Å². The number of halogens is 1. The maximum Gasteiger partial charge on any atom is 0.337 e. The van der Waals surface area contributed by atoms with Crippen molar-refractivity contribution in [3.8, 4) is 16.9 Å². The highest BCUT2D eigenvalue weighted by Crippen LogP contribution is 2.41. The molecule has 0 radical (unpaired) electrons. The second kappa shape index (κ2) is 10.0. The average Bonchev–Trinajstić information content (AvgIpc) is 3.17. The summed E-state index contributed by atoms with van der Waals surface area (Å²) in [6, 6.07) is 10.1. The highest BCUT2D eigenvalue weighted by molar-refractivity contribution is 6.31. The van der Waals surface area contributed by atoms with Crippen molar-refractivity contribution in [2.75, 3.05) is 13.7 Å². The molecule has 0 saturated heterocycles. The number of hydrogen-bond acceptors (Lipinski definition) is 5. The molecule has 0 fully saturated rings. The zero-order valence-electron chi connectivity index (χ0n) is 18.5. The third kappa shape index (κ3) is 5.40. The molecule has 1 heterocycles. The number of ether oxygens (including phenoxy) is 2. The minimum Gasteiger partial charge on any atom is -0.487 e. The van der Waals surface area contributed by atoms with Crippen LogP contribution in [-0.4, -0.2) is 43.6 Å². The molecule has 2 atom stereocenters. The molecule has 0 aromatic heterocycles. The van der Waals surface area contributed by atoms with Crippen LogP contribution in [0.15, 0.2) is 36.4 Å². The quantitative estimate of drug-likeness (QED) is 0.620. The molecule has 1 aliphatic rings. The van der Waals surface area contributed by atoms with Crippen LogP contribution in [-0.2, 0) is 20.7 Å². The fourth-order valence-corrected chi connectivity index (χ4v) is 3.95. The standard InChI is InChI=1S/C24H27ClN2O5/c1-13(2)21(27-14(3)28)23(29)26-12-19-10-17-9-18(25)11-20(22(17)32-19)15-5-7-16(8-6-15)24(30)31-4/h5-9,11,13,19,21H,10,12H2,1-4H3,(H,26,29)(H,27,28)/t19-,21+/m0/s1. The summed E-state index contributed by atoms with van der Waals surface area (Å²) in [5, 5.41) is 6.15. The zero-order chi connectivity index (χ0) is 23.4. The van der Waals surface area contributed by atoms with Gasteiger partial charge in [0.1, 0.15) is 17.9 Å². The molecule has 0 saturated carbocycles. The topological polar surface area (TPSA) is 93.7 Å². The lowest BCUT2D eigenvalue weighted by Gasteiger charge is -2.22. The van der Waals surface area contributed by atoms with Crippen molar-refractivity contribution in [2.45, 2.75) is 39.3 Å². The Balaban J connectivity index is 1.73. The predicted octanol–water partition coefficient (Wildman–Crippen LogP) is 3.37. The van der Waals surface area contributed by atoms with E-state index in [0.717, 1.165) is 16.7 Å². The molecular weight excluding hydrogens is 432 g/mol. The number of carbonyl (C=O) groups is 3. The summed E-state index contributed by atoms with van der Waals surface area (Å²) in [6.07, 6.45) is 0.334. The Morgan fingerprint density at radius 1 is 1.19 bits per heavy atom. The van der Waals surface area contributed by atoms with E-state index in [1.165, 1.54) is 14.0 Å². The van der Waals surface area contributed by atoms with Gasteiger partial charge in [-0.2, -0.15) is 0 Å². The lowest BCUT2D eigenvalue weighted by Crippen LogP contribution is -2.50. The van der Waals surface area contributed by atoms with Gasteiger partial charge >= 0.3 is 5.97 Å². The third-order valence-electron chi connectivity index (χ3n) is 5.29. The first-order valence-corrected chi connectivity index (χ1v) is 10.8. The van der Waals surface area contributed by atoms with E-state index in [1.807, 2.05) is 38.1 Å². The first kappa shape index (κ1) is 23.6. The molecule has 0 spiro atoms. The van der Waals surface area contributed by atoms with Crippen LogP contribution in [0.25, 0.3) is 11.1 Å². The van der Waals surface area contributed by atoms with Gasteiger partial charge in [0.25, 0.3) is 0 Å². The van der Waals surface area contributed by atoms with Gasteiger partial charge < -0.3 is 20.1 Å². The summed E-state index contributed by atoms with van der Waals surface area (Å²) < 4.78 is 10.9. The monoisotopic (exact) mass is 458 g/mol. The molecule has 170 valence electrons. The highest BCUT2D eigenvalue weighted by atomic mass is 35.5. The summed E-state index contributed by atoms with van der Waals surface area (Å²) in [5.74, 6) is -0.230. The van der Waals surface area contributed by atoms with Crippen LogP contribution < -0.4 is 15.4 Å². The number of esters is 1. The normalized spacial score (nSPS) is 15.5. The molecule has 7 nitrogen and oxygen atoms in total. The first-order valence-electron chi connectivity index (χ1n) is 10.4. The molecule has 2 aromatic rings. The predicted molar refractivity (Wildman–Crippen MR) is 122 cm³/mol. The molecule has 3 rings (SSSR count). The van der Waals surface area contributed by atoms with Gasteiger partial charge in [-0.25, -0.2) is 4.79 Å². The van der Waals surface area contributed by atoms with E-state index < -0.39 is 12.0 Å². The van der Waals surface area contributed by atoms with Crippen LogP contribution >= 0.6 is 11.6 Å². The summed E-state index contributed by atoms with van der Waals surface area (Å²) in [6.45, 7) is 5.45. The van der Waals surface area contributed by atoms with Crippen molar-refractivity contribution in [1.29, 1.82) is 0 Å². The van der Waals surface area contributed by atoms with Crippen LogP contribution in [0.1, 0.15) is 36.7 Å². The molecule has 0 unspecified atom stereocenters. The van der Waals surface area contributed by atoms with Crippen molar-refractivity contribution in [1.82, 2.24) is 10.6 Å². The smallest absolute Gasteiger partial charge is 0.337 e. The SMILES string of the molecule is COC(=O)c1ccc(-c2cc(Cl)cc3c2O[C@H](CNC(=O)[C@H](NC(C)=O)C(C)C)C3)cc1. The summed E-state index contributed by atoms with van der Waals surface area (Å²) >= 11 is 6.34. The van der Waals surface area contributed by atoms with Gasteiger partial charge in [-0.15, -0.1) is 0 Å². The Morgan fingerprint density at radius 2 is 1.88 bits per heavy atom. The molecule has 2 amide bonds. The Kier molecular flexibility index (Phi) is 7.40. The summed E-state index contributed by atoms with van der Waals surface area (Å²) in [5.41, 5.74) is 3.07. The molecule has 0 bridgehead atoms. The van der Waals surface area contributed by atoms with Crippen LogP contribution in [0, 0.1) is 5.92 Å². The van der Waals surface area contributed by atoms with E-state index in [9.17, 15) is 14.4 Å². The molecular formula is C24H27ClN2O5. The van der Waals surface area contributed by atoms with Gasteiger partial charge in [0.05, 0.1) is 19.2 Å². The molecule has 1 aliphatic heterocycles. The molecule has 32 heavy (non-hydrogen) atoms. The molecule has 2 N–H and O–H groups in total. The first-order chi connectivity index (χ1) is 15.2. The Hall–Kier alpha value is -3.06. The van der Waals surface area contributed by atoms with Crippen molar-refractivity contribution in [3.63, 3.8) is 0 Å². The van der Waals surface area contributed by atoms with Crippen molar-refractivity contribution >= 4 is 29.4 Å². The van der Waals surface area contributed by atoms with Crippen molar-refractivity contribution in [3.05, 3.63) is 52.5 Å². The van der Waals surface area contributed by atoms with Crippen LogP contribution in [0.3, 0.4) is 0 Å². The largest absolute Gasteiger partial charge is 0.487 e. The fourth-order valence-electron chi connectivity index (χ4n) is 3.70. The van der Waals surface area contributed by atoms with E-state index in [-0.39, 0.29) is 23.8 Å². The van der Waals surface area contributed by atoms with Gasteiger partial charge in [0.2, 0.25) is 11.8 Å². The fraction of sp³-hybridized carbons (Fsp3) is 0.375. The number of amides is 2. The second-order valence-corrected chi connectivity index (χ2v) is 8.56. The van der Waals surface area contributed by atoms with Gasteiger partial charge in [0, 0.05) is 29.5 Å². The maximum absolute atomic E-state index is 12.6. The lowest BCUT2D eigenvalue weighted by atomic mass is 9.99. The number of fused-ring (bicyclic) bond motifs is 1. The summed E-state index contributed by atoms with van der Waals surface area (Å²) in [4.78, 5) is 35.7. The van der Waals surface area contributed by atoms with Crippen LogP contribution in [0.5, 0.6) is 5.75 Å². The highest BCUT2D eigenvalue weighted by Gasteiger charge is 2.29. The number of nitrogens with one attached hydrogen (secondary N) is 2. The van der Waals surface area contributed by atoms with E-state index in [2.05, 4.69) is 10.6 Å². The van der Waals surface area contributed by atoms with E-state index >= 15 is 0 Å². The maximum atomic E-state index is 12.6. The number of methoxy groups -OCH3 is 1. The molecule has 2 aromatic carbocycles. The van der Waals surface area contributed by atoms with Gasteiger partial charge in [-0.05, 0) is 35.7 Å². The van der Waals surface area contributed by atoms with E-state index in [1.54, 1.807) is 12.1 Å². The van der Waals surface area contributed by atoms with Crippen LogP contribution in [0.4, 0.5) is 0 Å². The Bertz CT molecular complexity index is 1020. The minimum absolute atomic E-state index is 0.0426. The van der Waals surface area contributed by atoms with Crippen molar-refractivity contribution in [2.24, 2.45) is 5.92 Å². The molecule has 0 aliphatic carbocycles. The van der Waals surface area contributed by atoms with Gasteiger partial charge in [-0.3, -0.25) is 9.59 Å². The second-order valence-electron chi connectivity index (χ2n) is 8.12. The van der Waals surface area contributed by atoms with Crippen molar-refractivity contribution < 1.29 is 23.9 Å². The number of hydrogen-bond donors (Lipinski definition) is 2. The zero-order valence-corrected chi connectivity index (χ0v) is 19.3. The van der Waals surface area contributed by atoms with Crippen LogP contribution in [0.2, 0.25) is 5.02 Å². The third-order valence-corrected chi connectivity index (χ3v) is 5.51. The molecule has 8 heteroatoms. The van der Waals surface area contributed by atoms with E-state index in [0.29, 0.717) is 29.3 Å².